The van der Waals surface area contributed by atoms with Crippen molar-refractivity contribution in [1.82, 2.24) is 0 Å². The normalized spacial score (nSPS) is 5.80. The summed E-state index contributed by atoms with van der Waals surface area (Å²) in [4.78, 5) is 20.1. The molecular weight excluding hydrogens is 215 g/mol. The molecule has 0 aliphatic rings. The van der Waals surface area contributed by atoms with Crippen LogP contribution in [-0.2, 0) is 46.7 Å². The van der Waals surface area contributed by atoms with Crippen LogP contribution >= 0.6 is 0 Å². The van der Waals surface area contributed by atoms with Gasteiger partial charge in [0.2, 0.25) is 0 Å². The van der Waals surface area contributed by atoms with Crippen molar-refractivity contribution in [3.05, 3.63) is 0 Å². The Morgan fingerprint density at radius 2 is 1.20 bits per heavy atom. The number of hydrogen-bond donors (Lipinski definition) is 0. The number of Topliss-reactive ketones (excluding diaryl/α,β-unsaturated/α-hetero) is 2. The van der Waals surface area contributed by atoms with Crippen molar-refractivity contribution in [1.29, 1.82) is 0 Å². The molecule has 0 unspecified atom stereocenters. The minimum Gasteiger partial charge on any atom is -2.00 e. The molecule has 5 heteroatoms. The van der Waals surface area contributed by atoms with Crippen molar-refractivity contribution in [3.8, 4) is 0 Å². The Balaban J connectivity index is -0.0000000600. The van der Waals surface area contributed by atoms with Crippen molar-refractivity contribution in [3.63, 3.8) is 0 Å². The summed E-state index contributed by atoms with van der Waals surface area (Å²) in [6.07, 6.45) is 0.0833. The average molecular weight is 223 g/mol. The van der Waals surface area contributed by atoms with Gasteiger partial charge in [0.15, 0.2) is 0 Å². The second-order valence-electron chi connectivity index (χ2n) is 1.58. The molecule has 4 nitrogen and oxygen atoms in total. The largest absolute Gasteiger partial charge is 4.00 e. The van der Waals surface area contributed by atoms with Gasteiger partial charge in [0.25, 0.3) is 0 Å². The summed E-state index contributed by atoms with van der Waals surface area (Å²) < 4.78 is 0. The fourth-order valence-corrected chi connectivity index (χ4v) is 0.351. The molecule has 0 saturated carbocycles. The molecule has 0 aliphatic heterocycles. The SMILES string of the molecule is CC(=O)CC(C)=O.[O-2].[O-2].[Zr+4]. The van der Waals surface area contributed by atoms with Crippen molar-refractivity contribution in [2.45, 2.75) is 20.3 Å². The molecule has 0 spiro atoms. The molecular formula is C5H8O4Zr. The molecule has 0 N–H and O–H groups in total. The van der Waals surface area contributed by atoms with Gasteiger partial charge in [-0.2, -0.15) is 0 Å². The smallest absolute Gasteiger partial charge is 2.00 e. The van der Waals surface area contributed by atoms with Gasteiger partial charge in [-0.15, -0.1) is 0 Å². The second-order valence-corrected chi connectivity index (χ2v) is 1.58. The summed E-state index contributed by atoms with van der Waals surface area (Å²) in [6, 6.07) is 0. The Bertz CT molecular complexity index is 89.8. The van der Waals surface area contributed by atoms with E-state index >= 15 is 0 Å². The minimum absolute atomic E-state index is 0. The van der Waals surface area contributed by atoms with E-state index < -0.39 is 0 Å². The quantitative estimate of drug-likeness (QED) is 0.630. The van der Waals surface area contributed by atoms with Gasteiger partial charge in [-0.05, 0) is 13.8 Å². The molecule has 0 bridgehead atoms. The van der Waals surface area contributed by atoms with Gasteiger partial charge in [-0.3, -0.25) is 9.59 Å². The first-order valence-corrected chi connectivity index (χ1v) is 2.12. The third kappa shape index (κ3) is 24.2. The zero-order chi connectivity index (χ0) is 5.86. The first-order chi connectivity index (χ1) is 3.13. The van der Waals surface area contributed by atoms with Crippen LogP contribution in [0.1, 0.15) is 20.3 Å². The van der Waals surface area contributed by atoms with Gasteiger partial charge in [0, 0.05) is 0 Å². The molecule has 0 aromatic rings. The Morgan fingerprint density at radius 1 is 1.00 bits per heavy atom. The van der Waals surface area contributed by atoms with E-state index in [-0.39, 0.29) is 55.1 Å². The summed E-state index contributed by atoms with van der Waals surface area (Å²) in [6.45, 7) is 2.81. The maximum atomic E-state index is 10.0. The number of rotatable bonds is 2. The minimum atomic E-state index is -0.0625. The van der Waals surface area contributed by atoms with Crippen LogP contribution in [0.15, 0.2) is 0 Å². The van der Waals surface area contributed by atoms with Crippen LogP contribution in [0.4, 0.5) is 0 Å². The fourth-order valence-electron chi connectivity index (χ4n) is 0.351. The number of carbonyl (C=O) groups is 2. The standard InChI is InChI=1S/C5H8O2.2O.Zr/c1-4(6)3-5(2)7;;;/h3H2,1-2H3;;;/q;2*-2;+4. The molecule has 0 radical (unpaired) electrons. The molecule has 0 aromatic heterocycles. The van der Waals surface area contributed by atoms with Crippen LogP contribution in [0.5, 0.6) is 0 Å². The van der Waals surface area contributed by atoms with Crippen molar-refractivity contribution in [2.24, 2.45) is 0 Å². The Kier molecular flexibility index (Phi) is 26.7. The van der Waals surface area contributed by atoms with Crippen LogP contribution in [0.3, 0.4) is 0 Å². The molecule has 0 aromatic carbocycles. The summed E-state index contributed by atoms with van der Waals surface area (Å²) in [7, 11) is 0. The van der Waals surface area contributed by atoms with E-state index in [0.29, 0.717) is 0 Å². The molecule has 0 saturated heterocycles. The Morgan fingerprint density at radius 3 is 1.20 bits per heavy atom. The van der Waals surface area contributed by atoms with E-state index in [1.54, 1.807) is 0 Å². The summed E-state index contributed by atoms with van der Waals surface area (Å²) >= 11 is 0. The van der Waals surface area contributed by atoms with E-state index in [9.17, 15) is 9.59 Å². The van der Waals surface area contributed by atoms with Gasteiger partial charge in [-0.1, -0.05) is 0 Å². The molecule has 10 heavy (non-hydrogen) atoms. The third-order valence-corrected chi connectivity index (χ3v) is 0.498. The van der Waals surface area contributed by atoms with Gasteiger partial charge in [0.05, 0.1) is 6.42 Å². The molecule has 56 valence electrons. The Labute approximate surface area is 78.7 Å². The van der Waals surface area contributed by atoms with E-state index in [1.165, 1.54) is 13.8 Å². The van der Waals surface area contributed by atoms with Crippen LogP contribution < -0.4 is 0 Å². The van der Waals surface area contributed by atoms with E-state index in [1.807, 2.05) is 0 Å². The first-order valence-electron chi connectivity index (χ1n) is 2.12. The van der Waals surface area contributed by atoms with Gasteiger partial charge in [0.1, 0.15) is 11.6 Å². The zero-order valence-corrected chi connectivity index (χ0v) is 8.30. The topological polar surface area (TPSA) is 91.1 Å². The van der Waals surface area contributed by atoms with Gasteiger partial charge >= 0.3 is 26.2 Å². The van der Waals surface area contributed by atoms with E-state index in [2.05, 4.69) is 0 Å². The molecule has 0 rings (SSSR count). The van der Waals surface area contributed by atoms with E-state index in [4.69, 9.17) is 0 Å². The van der Waals surface area contributed by atoms with Gasteiger partial charge in [-0.25, -0.2) is 0 Å². The average Bonchev–Trinajstić information content (AvgIpc) is 1.27. The number of ketones is 2. The zero-order valence-electron chi connectivity index (χ0n) is 5.84. The predicted octanol–water partition coefficient (Wildman–Crippen LogP) is 0.314. The fraction of sp³-hybridized carbons (Fsp3) is 0.600. The summed E-state index contributed by atoms with van der Waals surface area (Å²) in [5.41, 5.74) is 0. The predicted molar refractivity (Wildman–Crippen MR) is 27.4 cm³/mol. The molecule has 0 aliphatic carbocycles. The van der Waals surface area contributed by atoms with Crippen LogP contribution in [0.2, 0.25) is 0 Å². The van der Waals surface area contributed by atoms with Crippen LogP contribution in [-0.4, -0.2) is 11.6 Å². The molecule has 0 heterocycles. The number of hydrogen-bond acceptors (Lipinski definition) is 2. The van der Waals surface area contributed by atoms with Crippen LogP contribution in [0.25, 0.3) is 0 Å². The maximum absolute atomic E-state index is 10.0. The number of carbonyl (C=O) groups excluding carboxylic acids is 2. The van der Waals surface area contributed by atoms with Crippen molar-refractivity contribution >= 4 is 11.6 Å². The molecule has 0 amide bonds. The summed E-state index contributed by atoms with van der Waals surface area (Å²) in [5.74, 6) is -0.125. The van der Waals surface area contributed by atoms with Crippen LogP contribution in [0, 0.1) is 0 Å². The van der Waals surface area contributed by atoms with Crippen molar-refractivity contribution in [2.75, 3.05) is 0 Å². The summed E-state index contributed by atoms with van der Waals surface area (Å²) in [5, 5.41) is 0. The van der Waals surface area contributed by atoms with E-state index in [0.717, 1.165) is 0 Å². The molecule has 0 atom stereocenters. The van der Waals surface area contributed by atoms with Gasteiger partial charge < -0.3 is 11.0 Å². The third-order valence-electron chi connectivity index (χ3n) is 0.498. The molecule has 0 fully saturated rings. The second kappa shape index (κ2) is 11.9. The first kappa shape index (κ1) is 22.5. The maximum Gasteiger partial charge on any atom is 4.00 e. The van der Waals surface area contributed by atoms with Crippen molar-refractivity contribution < 1.29 is 46.7 Å². The Hall–Kier alpha value is 0.143. The monoisotopic (exact) mass is 222 g/mol.